The molecule has 0 aliphatic carbocycles. The SMILES string of the molecule is CC(C)(C)NCCN=C(N)Nc1cccc(Oc2ccccc2)c1.I. The maximum atomic E-state index is 5.93. The van der Waals surface area contributed by atoms with Crippen molar-refractivity contribution in [3.05, 3.63) is 54.6 Å². The average molecular weight is 454 g/mol. The summed E-state index contributed by atoms with van der Waals surface area (Å²) < 4.78 is 5.81. The fourth-order valence-electron chi connectivity index (χ4n) is 2.06. The van der Waals surface area contributed by atoms with Gasteiger partial charge in [-0.3, -0.25) is 4.99 Å². The van der Waals surface area contributed by atoms with E-state index in [1.807, 2.05) is 54.6 Å². The highest BCUT2D eigenvalue weighted by atomic mass is 127. The fourth-order valence-corrected chi connectivity index (χ4v) is 2.06. The average Bonchev–Trinajstić information content (AvgIpc) is 2.52. The predicted octanol–water partition coefficient (Wildman–Crippen LogP) is 4.21. The number of nitrogens with zero attached hydrogens (tertiary/aromatic N) is 1. The van der Waals surface area contributed by atoms with Crippen LogP contribution in [0.25, 0.3) is 0 Å². The summed E-state index contributed by atoms with van der Waals surface area (Å²) >= 11 is 0. The zero-order valence-corrected chi connectivity index (χ0v) is 17.3. The van der Waals surface area contributed by atoms with Crippen LogP contribution in [-0.2, 0) is 0 Å². The summed E-state index contributed by atoms with van der Waals surface area (Å²) in [6.07, 6.45) is 0. The Morgan fingerprint density at radius 2 is 1.72 bits per heavy atom. The first-order chi connectivity index (χ1) is 11.4. The minimum absolute atomic E-state index is 0. The Labute approximate surface area is 167 Å². The smallest absolute Gasteiger partial charge is 0.193 e. The van der Waals surface area contributed by atoms with Crippen molar-refractivity contribution in [2.24, 2.45) is 10.7 Å². The second-order valence-corrected chi connectivity index (χ2v) is 6.51. The van der Waals surface area contributed by atoms with Crippen LogP contribution in [0.4, 0.5) is 5.69 Å². The molecule has 0 heterocycles. The molecule has 0 fully saturated rings. The van der Waals surface area contributed by atoms with Gasteiger partial charge in [0.1, 0.15) is 11.5 Å². The Morgan fingerprint density at radius 3 is 2.40 bits per heavy atom. The largest absolute Gasteiger partial charge is 0.457 e. The summed E-state index contributed by atoms with van der Waals surface area (Å²) in [6, 6.07) is 17.3. The predicted molar refractivity (Wildman–Crippen MR) is 116 cm³/mol. The molecule has 0 aliphatic heterocycles. The van der Waals surface area contributed by atoms with Crippen LogP contribution in [0.1, 0.15) is 20.8 Å². The number of anilines is 1. The van der Waals surface area contributed by atoms with Gasteiger partial charge in [0.15, 0.2) is 5.96 Å². The zero-order chi connectivity index (χ0) is 17.4. The Bertz CT molecular complexity index is 669. The molecule has 0 atom stereocenters. The lowest BCUT2D eigenvalue weighted by Crippen LogP contribution is -2.37. The number of halogens is 1. The summed E-state index contributed by atoms with van der Waals surface area (Å²) in [7, 11) is 0. The van der Waals surface area contributed by atoms with Crippen LogP contribution in [-0.4, -0.2) is 24.6 Å². The van der Waals surface area contributed by atoms with E-state index in [0.29, 0.717) is 12.5 Å². The van der Waals surface area contributed by atoms with Crippen molar-refractivity contribution in [2.45, 2.75) is 26.3 Å². The number of rotatable bonds is 6. The van der Waals surface area contributed by atoms with Gasteiger partial charge in [0.05, 0.1) is 6.54 Å². The molecule has 0 bridgehead atoms. The van der Waals surface area contributed by atoms with Gasteiger partial charge >= 0.3 is 0 Å². The minimum Gasteiger partial charge on any atom is -0.457 e. The standard InChI is InChI=1S/C19H26N4O.HI/c1-19(2,3)22-13-12-21-18(20)23-15-8-7-11-17(14-15)24-16-9-5-4-6-10-16;/h4-11,14,22H,12-13H2,1-3H3,(H3,20,21,23);1H. The Kier molecular flexibility index (Phi) is 8.71. The molecule has 2 aromatic rings. The first-order valence-electron chi connectivity index (χ1n) is 8.07. The molecule has 0 amide bonds. The lowest BCUT2D eigenvalue weighted by Gasteiger charge is -2.19. The normalized spacial score (nSPS) is 11.6. The monoisotopic (exact) mass is 454 g/mol. The molecule has 2 aromatic carbocycles. The van der Waals surface area contributed by atoms with Crippen LogP contribution in [0.3, 0.4) is 0 Å². The quantitative estimate of drug-likeness (QED) is 0.265. The molecule has 0 radical (unpaired) electrons. The van der Waals surface area contributed by atoms with Gasteiger partial charge in [0.25, 0.3) is 0 Å². The third kappa shape index (κ3) is 8.74. The second-order valence-electron chi connectivity index (χ2n) is 6.51. The topological polar surface area (TPSA) is 71.7 Å². The van der Waals surface area contributed by atoms with Gasteiger partial charge in [-0.15, -0.1) is 24.0 Å². The first kappa shape index (κ1) is 21.2. The molecule has 0 saturated carbocycles. The van der Waals surface area contributed by atoms with Gasteiger partial charge in [0, 0.05) is 23.8 Å². The van der Waals surface area contributed by atoms with Gasteiger partial charge < -0.3 is 21.1 Å². The molecule has 0 unspecified atom stereocenters. The van der Waals surface area contributed by atoms with Crippen LogP contribution >= 0.6 is 24.0 Å². The lowest BCUT2D eigenvalue weighted by atomic mass is 10.1. The van der Waals surface area contributed by atoms with Gasteiger partial charge in [-0.2, -0.15) is 0 Å². The van der Waals surface area contributed by atoms with E-state index in [4.69, 9.17) is 10.5 Å². The highest BCUT2D eigenvalue weighted by Crippen LogP contribution is 2.23. The highest BCUT2D eigenvalue weighted by Gasteiger charge is 2.07. The van der Waals surface area contributed by atoms with E-state index in [9.17, 15) is 0 Å². The number of guanidine groups is 1. The summed E-state index contributed by atoms with van der Waals surface area (Å²) in [4.78, 5) is 4.32. The van der Waals surface area contributed by atoms with Crippen molar-refractivity contribution in [1.29, 1.82) is 0 Å². The number of ether oxygens (including phenoxy) is 1. The summed E-state index contributed by atoms with van der Waals surface area (Å²) in [5.74, 6) is 1.93. The summed E-state index contributed by atoms with van der Waals surface area (Å²) in [6.45, 7) is 7.77. The molecule has 0 saturated heterocycles. The molecule has 136 valence electrons. The zero-order valence-electron chi connectivity index (χ0n) is 15.0. The summed E-state index contributed by atoms with van der Waals surface area (Å²) in [5, 5.41) is 6.45. The van der Waals surface area contributed by atoms with E-state index in [1.165, 1.54) is 0 Å². The van der Waals surface area contributed by atoms with Crippen LogP contribution in [0.2, 0.25) is 0 Å². The molecular weight excluding hydrogens is 427 g/mol. The van der Waals surface area contributed by atoms with Crippen molar-refractivity contribution >= 4 is 35.6 Å². The van der Waals surface area contributed by atoms with Crippen LogP contribution in [0.15, 0.2) is 59.6 Å². The number of hydrogen-bond acceptors (Lipinski definition) is 3. The van der Waals surface area contributed by atoms with E-state index >= 15 is 0 Å². The van der Waals surface area contributed by atoms with Crippen molar-refractivity contribution in [3.8, 4) is 11.5 Å². The number of hydrogen-bond donors (Lipinski definition) is 3. The third-order valence-electron chi connectivity index (χ3n) is 3.13. The maximum absolute atomic E-state index is 5.93. The van der Waals surface area contributed by atoms with Crippen molar-refractivity contribution in [1.82, 2.24) is 5.32 Å². The van der Waals surface area contributed by atoms with Crippen molar-refractivity contribution < 1.29 is 4.74 Å². The number of aliphatic imine (C=N–C) groups is 1. The Hall–Kier alpha value is -1.80. The van der Waals surface area contributed by atoms with E-state index in [1.54, 1.807) is 0 Å². The molecule has 2 rings (SSSR count). The molecule has 5 nitrogen and oxygen atoms in total. The number of nitrogens with two attached hydrogens (primary N) is 1. The van der Waals surface area contributed by atoms with E-state index in [2.05, 4.69) is 36.4 Å². The van der Waals surface area contributed by atoms with Gasteiger partial charge in [0.2, 0.25) is 0 Å². The van der Waals surface area contributed by atoms with Crippen molar-refractivity contribution in [3.63, 3.8) is 0 Å². The molecular formula is C19H27IN4O. The molecule has 0 aliphatic rings. The Balaban J connectivity index is 0.00000312. The fraction of sp³-hybridized carbons (Fsp3) is 0.316. The van der Waals surface area contributed by atoms with Gasteiger partial charge in [-0.05, 0) is 45.0 Å². The summed E-state index contributed by atoms with van der Waals surface area (Å²) in [5.41, 5.74) is 6.85. The molecule has 0 spiro atoms. The number of benzene rings is 2. The van der Waals surface area contributed by atoms with Crippen molar-refractivity contribution in [2.75, 3.05) is 18.4 Å². The third-order valence-corrected chi connectivity index (χ3v) is 3.13. The van der Waals surface area contributed by atoms with E-state index in [0.717, 1.165) is 23.7 Å². The van der Waals surface area contributed by atoms with Crippen LogP contribution < -0.4 is 21.1 Å². The first-order valence-corrected chi connectivity index (χ1v) is 8.07. The molecule has 6 heteroatoms. The lowest BCUT2D eigenvalue weighted by molar-refractivity contribution is 0.433. The highest BCUT2D eigenvalue weighted by molar-refractivity contribution is 14.0. The van der Waals surface area contributed by atoms with E-state index < -0.39 is 0 Å². The number of para-hydroxylation sites is 1. The molecule has 0 aromatic heterocycles. The molecule has 4 N–H and O–H groups in total. The molecule has 25 heavy (non-hydrogen) atoms. The Morgan fingerprint density at radius 1 is 1.04 bits per heavy atom. The maximum Gasteiger partial charge on any atom is 0.193 e. The van der Waals surface area contributed by atoms with Gasteiger partial charge in [-0.25, -0.2) is 0 Å². The second kappa shape index (κ2) is 10.2. The van der Waals surface area contributed by atoms with Crippen LogP contribution in [0, 0.1) is 0 Å². The van der Waals surface area contributed by atoms with Crippen LogP contribution in [0.5, 0.6) is 11.5 Å². The minimum atomic E-state index is 0. The van der Waals surface area contributed by atoms with E-state index in [-0.39, 0.29) is 29.5 Å². The van der Waals surface area contributed by atoms with Gasteiger partial charge in [-0.1, -0.05) is 24.3 Å². The number of nitrogens with one attached hydrogen (secondary N) is 2.